The quantitative estimate of drug-likeness (QED) is 0.314. The number of hydrazone groups is 1. The number of non-ortho nitro benzene ring substituents is 1. The Labute approximate surface area is 183 Å². The zero-order valence-corrected chi connectivity index (χ0v) is 17.2. The van der Waals surface area contributed by atoms with Gasteiger partial charge in [-0.3, -0.25) is 14.9 Å². The fraction of sp³-hybridized carbons (Fsp3) is 0.0909. The summed E-state index contributed by atoms with van der Waals surface area (Å²) in [4.78, 5) is 22.7. The highest BCUT2D eigenvalue weighted by molar-refractivity contribution is 6.30. The molecule has 1 N–H and O–H groups in total. The van der Waals surface area contributed by atoms with E-state index in [0.717, 1.165) is 11.6 Å². The molecule has 0 aliphatic rings. The summed E-state index contributed by atoms with van der Waals surface area (Å²) in [6, 6.07) is 18.3. The van der Waals surface area contributed by atoms with E-state index in [2.05, 4.69) is 10.5 Å². The van der Waals surface area contributed by atoms with Crippen LogP contribution in [0.3, 0.4) is 0 Å². The average Bonchev–Trinajstić information content (AvgIpc) is 2.78. The number of amides is 1. The summed E-state index contributed by atoms with van der Waals surface area (Å²) in [5.41, 5.74) is 3.80. The second-order valence-electron chi connectivity index (χ2n) is 6.33. The maximum atomic E-state index is 12.4. The van der Waals surface area contributed by atoms with Gasteiger partial charge in [0.2, 0.25) is 0 Å². The summed E-state index contributed by atoms with van der Waals surface area (Å²) < 4.78 is 10.9. The largest absolute Gasteiger partial charge is 0.496 e. The number of nitro benzene ring substituents is 1. The number of hydrogen-bond acceptors (Lipinski definition) is 6. The van der Waals surface area contributed by atoms with E-state index in [0.29, 0.717) is 22.9 Å². The van der Waals surface area contributed by atoms with Crippen LogP contribution in [0, 0.1) is 10.1 Å². The molecule has 0 bridgehead atoms. The normalized spacial score (nSPS) is 10.6. The van der Waals surface area contributed by atoms with Crippen molar-refractivity contribution in [2.45, 2.75) is 6.61 Å². The van der Waals surface area contributed by atoms with Crippen molar-refractivity contribution in [2.24, 2.45) is 5.10 Å². The van der Waals surface area contributed by atoms with Crippen LogP contribution < -0.4 is 14.9 Å². The van der Waals surface area contributed by atoms with Gasteiger partial charge in [-0.2, -0.15) is 5.10 Å². The second-order valence-corrected chi connectivity index (χ2v) is 6.76. The van der Waals surface area contributed by atoms with Gasteiger partial charge in [0.15, 0.2) is 0 Å². The van der Waals surface area contributed by atoms with Crippen molar-refractivity contribution in [2.75, 3.05) is 7.11 Å². The molecule has 0 aliphatic carbocycles. The first-order valence-corrected chi connectivity index (χ1v) is 9.47. The number of nitrogens with one attached hydrogen (secondary N) is 1. The molecule has 0 heterocycles. The Hall–Kier alpha value is -3.91. The first-order valence-electron chi connectivity index (χ1n) is 9.09. The molecule has 31 heavy (non-hydrogen) atoms. The number of hydrogen-bond donors (Lipinski definition) is 1. The summed E-state index contributed by atoms with van der Waals surface area (Å²) >= 11 is 5.88. The molecule has 0 spiro atoms. The van der Waals surface area contributed by atoms with Gasteiger partial charge in [-0.25, -0.2) is 5.43 Å². The van der Waals surface area contributed by atoms with E-state index >= 15 is 0 Å². The Kier molecular flexibility index (Phi) is 7.18. The average molecular weight is 440 g/mol. The molecule has 0 saturated carbocycles. The van der Waals surface area contributed by atoms with E-state index in [1.165, 1.54) is 25.5 Å². The number of nitro groups is 1. The number of methoxy groups -OCH3 is 1. The lowest BCUT2D eigenvalue weighted by Crippen LogP contribution is -2.18. The third-order valence-electron chi connectivity index (χ3n) is 4.20. The molecular formula is C22H18ClN3O5. The maximum Gasteiger partial charge on any atom is 0.275 e. The minimum absolute atomic E-state index is 0.00824. The van der Waals surface area contributed by atoms with Gasteiger partial charge >= 0.3 is 0 Å². The van der Waals surface area contributed by atoms with Gasteiger partial charge in [-0.15, -0.1) is 0 Å². The van der Waals surface area contributed by atoms with Gasteiger partial charge in [0.25, 0.3) is 11.6 Å². The highest BCUT2D eigenvalue weighted by atomic mass is 35.5. The van der Waals surface area contributed by atoms with Gasteiger partial charge in [-0.1, -0.05) is 35.9 Å². The minimum atomic E-state index is -0.632. The van der Waals surface area contributed by atoms with E-state index in [4.69, 9.17) is 21.1 Å². The van der Waals surface area contributed by atoms with Crippen LogP contribution in [0.1, 0.15) is 21.5 Å². The molecule has 0 unspecified atom stereocenters. The lowest BCUT2D eigenvalue weighted by atomic mass is 10.1. The summed E-state index contributed by atoms with van der Waals surface area (Å²) in [7, 11) is 1.37. The molecule has 0 radical (unpaired) electrons. The smallest absolute Gasteiger partial charge is 0.275 e. The number of nitrogens with zero attached hydrogens (tertiary/aromatic N) is 2. The second kappa shape index (κ2) is 10.2. The zero-order chi connectivity index (χ0) is 22.2. The van der Waals surface area contributed by atoms with Crippen LogP contribution in [0.4, 0.5) is 5.69 Å². The third-order valence-corrected chi connectivity index (χ3v) is 4.45. The van der Waals surface area contributed by atoms with Gasteiger partial charge in [0.1, 0.15) is 18.1 Å². The Morgan fingerprint density at radius 1 is 1.16 bits per heavy atom. The van der Waals surface area contributed by atoms with Crippen LogP contribution in [0.15, 0.2) is 71.8 Å². The molecule has 0 aliphatic heterocycles. The molecule has 3 rings (SSSR count). The number of carbonyl (C=O) groups excluding carboxylic acids is 1. The Bertz CT molecular complexity index is 1120. The molecule has 9 heteroatoms. The lowest BCUT2D eigenvalue weighted by Gasteiger charge is -2.07. The van der Waals surface area contributed by atoms with Crippen molar-refractivity contribution in [3.05, 3.63) is 98.6 Å². The van der Waals surface area contributed by atoms with Crippen LogP contribution in [0.25, 0.3) is 0 Å². The molecule has 0 saturated heterocycles. The Morgan fingerprint density at radius 3 is 2.65 bits per heavy atom. The highest BCUT2D eigenvalue weighted by Gasteiger charge is 2.17. The molecule has 1 amide bonds. The topological polar surface area (TPSA) is 103 Å². The van der Waals surface area contributed by atoms with Crippen LogP contribution in [-0.2, 0) is 6.61 Å². The Balaban J connectivity index is 1.64. The molecule has 158 valence electrons. The molecule has 0 fully saturated rings. The van der Waals surface area contributed by atoms with Crippen LogP contribution >= 0.6 is 11.6 Å². The first-order chi connectivity index (χ1) is 15.0. The summed E-state index contributed by atoms with van der Waals surface area (Å²) in [6.07, 6.45) is 1.44. The lowest BCUT2D eigenvalue weighted by molar-refractivity contribution is -0.384. The van der Waals surface area contributed by atoms with Crippen molar-refractivity contribution in [1.82, 2.24) is 5.43 Å². The number of halogens is 1. The zero-order valence-electron chi connectivity index (χ0n) is 16.4. The SMILES string of the molecule is COc1ccc([N+](=O)[O-])cc1C(=O)N/N=C\c1cccc(OCc2ccc(Cl)cc2)c1. The van der Waals surface area contributed by atoms with Gasteiger partial charge in [0, 0.05) is 17.2 Å². The molecule has 3 aromatic carbocycles. The van der Waals surface area contributed by atoms with E-state index in [1.807, 2.05) is 12.1 Å². The fourth-order valence-electron chi connectivity index (χ4n) is 2.64. The summed E-state index contributed by atoms with van der Waals surface area (Å²) in [5.74, 6) is 0.202. The van der Waals surface area contributed by atoms with Crippen LogP contribution in [0.5, 0.6) is 11.5 Å². The van der Waals surface area contributed by atoms with E-state index in [9.17, 15) is 14.9 Å². The highest BCUT2D eigenvalue weighted by Crippen LogP contribution is 2.24. The van der Waals surface area contributed by atoms with Crippen LogP contribution in [0.2, 0.25) is 5.02 Å². The molecule has 8 nitrogen and oxygen atoms in total. The molecule has 3 aromatic rings. The van der Waals surface area contributed by atoms with E-state index < -0.39 is 10.8 Å². The predicted molar refractivity (Wildman–Crippen MR) is 117 cm³/mol. The summed E-state index contributed by atoms with van der Waals surface area (Å²) in [6.45, 7) is 0.376. The van der Waals surface area contributed by atoms with Gasteiger partial charge in [-0.05, 0) is 41.5 Å². The van der Waals surface area contributed by atoms with Crippen molar-refractivity contribution in [3.63, 3.8) is 0 Å². The van der Waals surface area contributed by atoms with E-state index in [1.54, 1.807) is 36.4 Å². The van der Waals surface area contributed by atoms with Crippen molar-refractivity contribution in [3.8, 4) is 11.5 Å². The van der Waals surface area contributed by atoms with Gasteiger partial charge in [0.05, 0.1) is 23.8 Å². The standard InChI is InChI=1S/C22H18ClN3O5/c1-30-21-10-9-18(26(28)29)12-20(21)22(27)25-24-13-16-3-2-4-19(11-16)31-14-15-5-7-17(23)8-6-15/h2-13H,14H2,1H3,(H,25,27)/b24-13-. The molecule has 0 aromatic heterocycles. The van der Waals surface area contributed by atoms with Gasteiger partial charge < -0.3 is 9.47 Å². The Morgan fingerprint density at radius 2 is 1.94 bits per heavy atom. The predicted octanol–water partition coefficient (Wildman–Crippen LogP) is 4.60. The van der Waals surface area contributed by atoms with Crippen LogP contribution in [-0.4, -0.2) is 24.2 Å². The molecular weight excluding hydrogens is 422 g/mol. The van der Waals surface area contributed by atoms with Crippen molar-refractivity contribution in [1.29, 1.82) is 0 Å². The molecule has 0 atom stereocenters. The maximum absolute atomic E-state index is 12.4. The minimum Gasteiger partial charge on any atom is -0.496 e. The number of rotatable bonds is 8. The third kappa shape index (κ3) is 6.03. The monoisotopic (exact) mass is 439 g/mol. The van der Waals surface area contributed by atoms with Crippen molar-refractivity contribution >= 4 is 29.4 Å². The van der Waals surface area contributed by atoms with E-state index in [-0.39, 0.29) is 17.0 Å². The number of benzene rings is 3. The fourth-order valence-corrected chi connectivity index (χ4v) is 2.77. The van der Waals surface area contributed by atoms with Crippen molar-refractivity contribution < 1.29 is 19.2 Å². The first kappa shape index (κ1) is 21.8. The number of carbonyl (C=O) groups is 1. The summed E-state index contributed by atoms with van der Waals surface area (Å²) in [5, 5.41) is 15.5. The number of ether oxygens (including phenoxy) is 2.